The summed E-state index contributed by atoms with van der Waals surface area (Å²) in [5.74, 6) is -0.0628. The van der Waals surface area contributed by atoms with E-state index in [4.69, 9.17) is 25.4 Å². The van der Waals surface area contributed by atoms with E-state index in [1.807, 2.05) is 0 Å². The molecule has 2 rings (SSSR count). The Kier molecular flexibility index (Phi) is 4.17. The van der Waals surface area contributed by atoms with Gasteiger partial charge in [0.15, 0.2) is 11.2 Å². The summed E-state index contributed by atoms with van der Waals surface area (Å²) in [7, 11) is 1.38. The molecule has 0 radical (unpaired) electrons. The third-order valence-corrected chi connectivity index (χ3v) is 2.62. The number of aromatic nitrogens is 4. The van der Waals surface area contributed by atoms with Crippen LogP contribution < -0.4 is 16.0 Å². The van der Waals surface area contributed by atoms with Gasteiger partial charge < -0.3 is 25.4 Å². The number of anilines is 1. The molecule has 10 heteroatoms. The molecule has 0 aliphatic rings. The number of nitrogen functional groups attached to an aromatic ring is 1. The Balaban J connectivity index is 2.42. The Morgan fingerprint density at radius 2 is 2.10 bits per heavy atom. The van der Waals surface area contributed by atoms with E-state index in [9.17, 15) is 4.79 Å². The highest BCUT2D eigenvalue weighted by Crippen LogP contribution is 2.17. The second-order valence-electron chi connectivity index (χ2n) is 3.93. The smallest absolute Gasteiger partial charge is 0.300 e. The van der Waals surface area contributed by atoms with Crippen LogP contribution in [0.4, 0.5) is 5.95 Å². The lowest BCUT2D eigenvalue weighted by molar-refractivity contribution is -0.0505. The molecule has 2 aromatic heterocycles. The molecule has 10 nitrogen and oxygen atoms in total. The second-order valence-corrected chi connectivity index (χ2v) is 3.93. The molecule has 20 heavy (non-hydrogen) atoms. The van der Waals surface area contributed by atoms with Crippen molar-refractivity contribution in [2.24, 2.45) is 0 Å². The van der Waals surface area contributed by atoms with Crippen LogP contribution in [-0.4, -0.2) is 56.2 Å². The first-order valence-electron chi connectivity index (χ1n) is 5.74. The summed E-state index contributed by atoms with van der Waals surface area (Å²) >= 11 is 0. The van der Waals surface area contributed by atoms with Gasteiger partial charge in [0.25, 0.3) is 11.6 Å². The number of hydrogen-bond donors (Lipinski definition) is 4. The number of methoxy groups -OCH3 is 1. The molecule has 0 amide bonds. The minimum Gasteiger partial charge on any atom is -0.468 e. The van der Waals surface area contributed by atoms with Crippen LogP contribution >= 0.6 is 0 Å². The first kappa shape index (κ1) is 14.2. The van der Waals surface area contributed by atoms with Gasteiger partial charge in [0.2, 0.25) is 5.95 Å². The number of nitrogens with zero attached hydrogens (tertiary/aromatic N) is 3. The average Bonchev–Trinajstić information content (AvgIpc) is 2.78. The van der Waals surface area contributed by atoms with Crippen molar-refractivity contribution in [2.45, 2.75) is 12.8 Å². The van der Waals surface area contributed by atoms with Gasteiger partial charge in [-0.1, -0.05) is 0 Å². The van der Waals surface area contributed by atoms with Crippen LogP contribution in [-0.2, 0) is 11.5 Å². The van der Waals surface area contributed by atoms with Crippen LogP contribution in [0.25, 0.3) is 11.2 Å². The summed E-state index contributed by atoms with van der Waals surface area (Å²) in [5.41, 5.74) is 5.24. The summed E-state index contributed by atoms with van der Waals surface area (Å²) in [6, 6.07) is 0.109. The highest BCUT2D eigenvalue weighted by Gasteiger charge is 2.17. The summed E-state index contributed by atoms with van der Waals surface area (Å²) in [4.78, 5) is 22.0. The van der Waals surface area contributed by atoms with E-state index in [0.717, 1.165) is 0 Å². The van der Waals surface area contributed by atoms with Crippen molar-refractivity contribution in [3.8, 4) is 6.01 Å². The zero-order valence-electron chi connectivity index (χ0n) is 10.7. The maximum atomic E-state index is 11.7. The fraction of sp³-hybridized carbons (Fsp3) is 0.500. The van der Waals surface area contributed by atoms with E-state index in [1.54, 1.807) is 0 Å². The fourth-order valence-corrected chi connectivity index (χ4v) is 1.62. The maximum absolute atomic E-state index is 11.7. The van der Waals surface area contributed by atoms with Crippen LogP contribution in [0.1, 0.15) is 0 Å². The summed E-state index contributed by atoms with van der Waals surface area (Å²) in [6.45, 7) is -0.801. The molecule has 2 aromatic rings. The maximum Gasteiger partial charge on any atom is 0.300 e. The van der Waals surface area contributed by atoms with Gasteiger partial charge in [0.1, 0.15) is 12.8 Å². The van der Waals surface area contributed by atoms with Crippen molar-refractivity contribution in [1.82, 2.24) is 19.5 Å². The Labute approximate surface area is 112 Å². The number of H-pyrrole nitrogens is 1. The van der Waals surface area contributed by atoms with Gasteiger partial charge in [-0.15, -0.1) is 0 Å². The van der Waals surface area contributed by atoms with Crippen molar-refractivity contribution >= 4 is 17.1 Å². The van der Waals surface area contributed by atoms with Crippen molar-refractivity contribution in [1.29, 1.82) is 0 Å². The first-order valence-corrected chi connectivity index (χ1v) is 5.74. The van der Waals surface area contributed by atoms with Crippen LogP contribution in [0.5, 0.6) is 6.01 Å². The Bertz CT molecular complexity index is 647. The van der Waals surface area contributed by atoms with Crippen molar-refractivity contribution < 1.29 is 19.7 Å². The van der Waals surface area contributed by atoms with Gasteiger partial charge in [-0.05, 0) is 0 Å². The molecule has 0 unspecified atom stereocenters. The monoisotopic (exact) mass is 285 g/mol. The number of aromatic amines is 1. The molecule has 110 valence electrons. The van der Waals surface area contributed by atoms with E-state index in [-0.39, 0.29) is 43.1 Å². The van der Waals surface area contributed by atoms with Crippen molar-refractivity contribution in [3.05, 3.63) is 10.4 Å². The predicted molar refractivity (Wildman–Crippen MR) is 68.2 cm³/mol. The van der Waals surface area contributed by atoms with E-state index in [0.29, 0.717) is 0 Å². The Hall–Kier alpha value is -2.17. The third kappa shape index (κ3) is 2.57. The minimum atomic E-state index is -0.753. The van der Waals surface area contributed by atoms with Crippen molar-refractivity contribution in [3.63, 3.8) is 0 Å². The molecule has 5 N–H and O–H groups in total. The summed E-state index contributed by atoms with van der Waals surface area (Å²) in [6.07, 6.45) is -0.753. The number of aliphatic hydroxyl groups is 2. The second kappa shape index (κ2) is 5.86. The summed E-state index contributed by atoms with van der Waals surface area (Å²) in [5, 5.41) is 17.9. The largest absolute Gasteiger partial charge is 0.468 e. The number of rotatable bonds is 6. The first-order chi connectivity index (χ1) is 9.60. The number of nitrogens with one attached hydrogen (secondary N) is 1. The number of ether oxygens (including phenoxy) is 2. The number of imidazole rings is 1. The molecular formula is C10H15N5O5. The van der Waals surface area contributed by atoms with Gasteiger partial charge in [-0.3, -0.25) is 14.3 Å². The van der Waals surface area contributed by atoms with Gasteiger partial charge in [0, 0.05) is 0 Å². The predicted octanol–water partition coefficient (Wildman–Crippen LogP) is -1.96. The molecule has 0 aliphatic heterocycles. The molecular weight excluding hydrogens is 270 g/mol. The molecule has 0 saturated heterocycles. The minimum absolute atomic E-state index is 0.0594. The standard InChI is InChI=1S/C10H15N5O5/c1-19-10-12-6-7(13-9(11)14-8(6)18)15(10)4-20-5(2-16)3-17/h5,16-17H,2-4H2,1H3,(H3,11,13,14,18). The van der Waals surface area contributed by atoms with E-state index < -0.39 is 11.7 Å². The van der Waals surface area contributed by atoms with Gasteiger partial charge in [-0.25, -0.2) is 0 Å². The van der Waals surface area contributed by atoms with Crippen molar-refractivity contribution in [2.75, 3.05) is 26.1 Å². The fourth-order valence-electron chi connectivity index (χ4n) is 1.62. The lowest BCUT2D eigenvalue weighted by atomic mass is 10.4. The molecule has 0 bridgehead atoms. The molecule has 0 saturated carbocycles. The normalized spacial score (nSPS) is 11.4. The van der Waals surface area contributed by atoms with Crippen LogP contribution in [0.2, 0.25) is 0 Å². The van der Waals surface area contributed by atoms with Crippen LogP contribution in [0, 0.1) is 0 Å². The van der Waals surface area contributed by atoms with Gasteiger partial charge in [0.05, 0.1) is 20.3 Å². The average molecular weight is 285 g/mol. The van der Waals surface area contributed by atoms with Crippen LogP contribution in [0.3, 0.4) is 0 Å². The van der Waals surface area contributed by atoms with E-state index in [1.165, 1.54) is 11.7 Å². The molecule has 2 heterocycles. The quantitative estimate of drug-likeness (QED) is 0.478. The molecule has 0 spiro atoms. The van der Waals surface area contributed by atoms with E-state index in [2.05, 4.69) is 15.0 Å². The Morgan fingerprint density at radius 1 is 1.40 bits per heavy atom. The molecule has 0 aliphatic carbocycles. The highest BCUT2D eigenvalue weighted by atomic mass is 16.5. The highest BCUT2D eigenvalue weighted by molar-refractivity contribution is 5.72. The number of hydrogen-bond acceptors (Lipinski definition) is 8. The Morgan fingerprint density at radius 3 is 2.70 bits per heavy atom. The van der Waals surface area contributed by atoms with Gasteiger partial charge >= 0.3 is 0 Å². The zero-order chi connectivity index (χ0) is 14.7. The third-order valence-electron chi connectivity index (χ3n) is 2.62. The molecule has 0 atom stereocenters. The summed E-state index contributed by atoms with van der Waals surface area (Å²) < 4.78 is 11.7. The molecule has 0 fully saturated rings. The SMILES string of the molecule is COc1nc2c(=O)[nH]c(N)nc2n1COC(CO)CO. The number of nitrogens with two attached hydrogens (primary N) is 1. The van der Waals surface area contributed by atoms with Crippen LogP contribution in [0.15, 0.2) is 4.79 Å². The topological polar surface area (TPSA) is 149 Å². The van der Waals surface area contributed by atoms with E-state index >= 15 is 0 Å². The lowest BCUT2D eigenvalue weighted by Gasteiger charge is -2.14. The number of aliphatic hydroxyl groups excluding tert-OH is 2. The molecule has 0 aromatic carbocycles. The lowest BCUT2D eigenvalue weighted by Crippen LogP contribution is -2.23. The van der Waals surface area contributed by atoms with Gasteiger partial charge in [-0.2, -0.15) is 9.97 Å². The number of fused-ring (bicyclic) bond motifs is 1. The zero-order valence-corrected chi connectivity index (χ0v) is 10.7.